The number of alkyl carbamates (subject to hydrolysis) is 1. The number of carbonyl (C=O) groups is 2. The van der Waals surface area contributed by atoms with Crippen molar-refractivity contribution in [2.45, 2.75) is 50.5 Å². The molecule has 0 unspecified atom stereocenters. The van der Waals surface area contributed by atoms with Gasteiger partial charge < -0.3 is 14.8 Å². The molecule has 8 nitrogen and oxygen atoms in total. The first-order chi connectivity index (χ1) is 13.6. The molecule has 1 aromatic rings. The quantitative estimate of drug-likeness (QED) is 0.531. The van der Waals surface area contributed by atoms with E-state index in [4.69, 9.17) is 9.47 Å². The number of nitrogens with one attached hydrogen (secondary N) is 1. The summed E-state index contributed by atoms with van der Waals surface area (Å²) in [7, 11) is -3.53. The monoisotopic (exact) mass is 426 g/mol. The number of ether oxygens (including phenoxy) is 2. The number of hydrogen-bond donors (Lipinski definition) is 1. The maximum absolute atomic E-state index is 12.6. The summed E-state index contributed by atoms with van der Waals surface area (Å²) in [6.07, 6.45) is 0.838. The fourth-order valence-electron chi connectivity index (χ4n) is 2.94. The zero-order chi connectivity index (χ0) is 21.5. The SMILES string of the molecule is CC(C)(C)OC(=O)NCCCOC(=O)C1CCN(S(=O)(=O)c2ccccc2)CC1. The second-order valence-electron chi connectivity index (χ2n) is 7.94. The van der Waals surface area contributed by atoms with Crippen molar-refractivity contribution in [1.82, 2.24) is 9.62 Å². The topological polar surface area (TPSA) is 102 Å². The molecule has 2 rings (SSSR count). The van der Waals surface area contributed by atoms with Crippen LogP contribution in [-0.4, -0.2) is 56.6 Å². The standard InChI is InChI=1S/C20H30N2O6S/c1-20(2,3)28-19(24)21-12-7-15-27-18(23)16-10-13-22(14-11-16)29(25,26)17-8-5-4-6-9-17/h4-6,8-9,16H,7,10-15H2,1-3H3,(H,21,24). The first kappa shape index (κ1) is 23.2. The molecule has 1 fully saturated rings. The third-order valence-electron chi connectivity index (χ3n) is 4.40. The molecule has 1 heterocycles. The van der Waals surface area contributed by atoms with E-state index >= 15 is 0 Å². The van der Waals surface area contributed by atoms with Gasteiger partial charge in [0, 0.05) is 19.6 Å². The number of hydrogen-bond acceptors (Lipinski definition) is 6. The van der Waals surface area contributed by atoms with Crippen LogP contribution in [0.2, 0.25) is 0 Å². The molecule has 1 amide bonds. The molecular formula is C20H30N2O6S. The van der Waals surface area contributed by atoms with E-state index in [1.165, 1.54) is 4.31 Å². The van der Waals surface area contributed by atoms with E-state index < -0.39 is 21.7 Å². The summed E-state index contributed by atoms with van der Waals surface area (Å²) in [6.45, 7) is 6.46. The summed E-state index contributed by atoms with van der Waals surface area (Å²) in [5.74, 6) is -0.630. The third kappa shape index (κ3) is 7.32. The van der Waals surface area contributed by atoms with Crippen LogP contribution in [0, 0.1) is 5.92 Å². The van der Waals surface area contributed by atoms with Crippen LogP contribution in [0.5, 0.6) is 0 Å². The van der Waals surface area contributed by atoms with Gasteiger partial charge in [-0.15, -0.1) is 0 Å². The minimum atomic E-state index is -3.53. The van der Waals surface area contributed by atoms with Gasteiger partial charge in [0.15, 0.2) is 0 Å². The molecule has 1 aliphatic heterocycles. The van der Waals surface area contributed by atoms with Crippen molar-refractivity contribution in [3.05, 3.63) is 30.3 Å². The van der Waals surface area contributed by atoms with Gasteiger partial charge in [-0.3, -0.25) is 4.79 Å². The average molecular weight is 427 g/mol. The van der Waals surface area contributed by atoms with Crippen LogP contribution in [0.3, 0.4) is 0 Å². The summed E-state index contributed by atoms with van der Waals surface area (Å²) in [4.78, 5) is 24.0. The normalized spacial score (nSPS) is 16.2. The van der Waals surface area contributed by atoms with Gasteiger partial charge in [0.05, 0.1) is 17.4 Å². The van der Waals surface area contributed by atoms with Crippen molar-refractivity contribution < 1.29 is 27.5 Å². The molecule has 1 N–H and O–H groups in total. The van der Waals surface area contributed by atoms with Crippen LogP contribution < -0.4 is 5.32 Å². The fourth-order valence-corrected chi connectivity index (χ4v) is 4.43. The molecule has 9 heteroatoms. The Morgan fingerprint density at radius 1 is 1.14 bits per heavy atom. The lowest BCUT2D eigenvalue weighted by Gasteiger charge is -2.30. The maximum atomic E-state index is 12.6. The molecule has 0 spiro atoms. The second-order valence-corrected chi connectivity index (χ2v) is 9.88. The van der Waals surface area contributed by atoms with Gasteiger partial charge in [0.25, 0.3) is 0 Å². The van der Waals surface area contributed by atoms with E-state index in [0.29, 0.717) is 25.8 Å². The van der Waals surface area contributed by atoms with Gasteiger partial charge in [0.2, 0.25) is 10.0 Å². The van der Waals surface area contributed by atoms with Gasteiger partial charge in [-0.05, 0) is 52.2 Å². The molecule has 0 bridgehead atoms. The van der Waals surface area contributed by atoms with Crippen molar-refractivity contribution in [1.29, 1.82) is 0 Å². The number of piperidine rings is 1. The highest BCUT2D eigenvalue weighted by Gasteiger charge is 2.32. The van der Waals surface area contributed by atoms with Crippen LogP contribution >= 0.6 is 0 Å². The Morgan fingerprint density at radius 3 is 2.34 bits per heavy atom. The van der Waals surface area contributed by atoms with Crippen LogP contribution in [0.4, 0.5) is 4.79 Å². The van der Waals surface area contributed by atoms with Crippen LogP contribution in [0.15, 0.2) is 35.2 Å². The predicted molar refractivity (Wildman–Crippen MR) is 108 cm³/mol. The average Bonchev–Trinajstić information content (AvgIpc) is 2.67. The van der Waals surface area contributed by atoms with E-state index in [9.17, 15) is 18.0 Å². The zero-order valence-corrected chi connectivity index (χ0v) is 18.0. The lowest BCUT2D eigenvalue weighted by atomic mass is 9.98. The summed E-state index contributed by atoms with van der Waals surface area (Å²) in [5.41, 5.74) is -0.556. The Labute approximate surface area is 172 Å². The van der Waals surface area contributed by atoms with Crippen molar-refractivity contribution >= 4 is 22.1 Å². The molecule has 0 saturated carbocycles. The lowest BCUT2D eigenvalue weighted by molar-refractivity contribution is -0.149. The third-order valence-corrected chi connectivity index (χ3v) is 6.31. The Kier molecular flexibility index (Phi) is 8.04. The van der Waals surface area contributed by atoms with Crippen LogP contribution in [0.25, 0.3) is 0 Å². The Bertz CT molecular complexity index is 781. The van der Waals surface area contributed by atoms with E-state index in [2.05, 4.69) is 5.32 Å². The number of esters is 1. The first-order valence-electron chi connectivity index (χ1n) is 9.78. The van der Waals surface area contributed by atoms with Crippen molar-refractivity contribution in [2.75, 3.05) is 26.2 Å². The van der Waals surface area contributed by atoms with Crippen LogP contribution in [-0.2, 0) is 24.3 Å². The predicted octanol–water partition coefficient (Wildman–Crippen LogP) is 2.55. The van der Waals surface area contributed by atoms with Crippen LogP contribution in [0.1, 0.15) is 40.0 Å². The maximum Gasteiger partial charge on any atom is 0.407 e. The van der Waals surface area contributed by atoms with Crippen molar-refractivity contribution in [3.63, 3.8) is 0 Å². The Morgan fingerprint density at radius 2 is 1.76 bits per heavy atom. The Balaban J connectivity index is 1.68. The zero-order valence-electron chi connectivity index (χ0n) is 17.2. The lowest BCUT2D eigenvalue weighted by Crippen LogP contribution is -2.40. The molecule has 0 atom stereocenters. The summed E-state index contributed by atoms with van der Waals surface area (Å²) < 4.78 is 37.0. The highest BCUT2D eigenvalue weighted by Crippen LogP contribution is 2.24. The van der Waals surface area contributed by atoms with Gasteiger partial charge in [0.1, 0.15) is 5.60 Å². The summed E-state index contributed by atoms with van der Waals surface area (Å²) >= 11 is 0. The highest BCUT2D eigenvalue weighted by molar-refractivity contribution is 7.89. The smallest absolute Gasteiger partial charge is 0.407 e. The molecule has 1 aromatic carbocycles. The molecule has 1 saturated heterocycles. The van der Waals surface area contributed by atoms with E-state index in [1.807, 2.05) is 0 Å². The van der Waals surface area contributed by atoms with Gasteiger partial charge >= 0.3 is 12.1 Å². The number of rotatable bonds is 7. The molecule has 0 aliphatic carbocycles. The summed E-state index contributed by atoms with van der Waals surface area (Å²) in [6, 6.07) is 8.29. The number of amides is 1. The minimum Gasteiger partial charge on any atom is -0.465 e. The molecule has 0 radical (unpaired) electrons. The number of nitrogens with zero attached hydrogens (tertiary/aromatic N) is 1. The highest BCUT2D eigenvalue weighted by atomic mass is 32.2. The van der Waals surface area contributed by atoms with Crippen molar-refractivity contribution in [2.24, 2.45) is 5.92 Å². The molecule has 1 aliphatic rings. The van der Waals surface area contributed by atoms with Crippen molar-refractivity contribution in [3.8, 4) is 0 Å². The Hall–Kier alpha value is -2.13. The molecule has 162 valence electrons. The minimum absolute atomic E-state index is 0.192. The van der Waals surface area contributed by atoms with Gasteiger partial charge in [-0.2, -0.15) is 4.31 Å². The number of benzene rings is 1. The number of sulfonamides is 1. The summed E-state index contributed by atoms with van der Waals surface area (Å²) in [5, 5.41) is 2.60. The molecular weight excluding hydrogens is 396 g/mol. The van der Waals surface area contributed by atoms with E-state index in [1.54, 1.807) is 51.1 Å². The largest absolute Gasteiger partial charge is 0.465 e. The second kappa shape index (κ2) is 10.1. The van der Waals surface area contributed by atoms with Gasteiger partial charge in [-0.25, -0.2) is 13.2 Å². The van der Waals surface area contributed by atoms with E-state index in [0.717, 1.165) is 0 Å². The van der Waals surface area contributed by atoms with Gasteiger partial charge in [-0.1, -0.05) is 18.2 Å². The number of carbonyl (C=O) groups excluding carboxylic acids is 2. The van der Waals surface area contributed by atoms with E-state index in [-0.39, 0.29) is 36.5 Å². The fraction of sp³-hybridized carbons (Fsp3) is 0.600. The molecule has 29 heavy (non-hydrogen) atoms. The first-order valence-corrected chi connectivity index (χ1v) is 11.2. The molecule has 0 aromatic heterocycles.